The van der Waals surface area contributed by atoms with Gasteiger partial charge in [0.2, 0.25) is 5.91 Å². The zero-order chi connectivity index (χ0) is 26.9. The quantitative estimate of drug-likeness (QED) is 0.319. The van der Waals surface area contributed by atoms with E-state index in [9.17, 15) is 9.59 Å². The minimum absolute atomic E-state index is 0.00370. The standard InChI is InChI=1S/C29H37N3O5S/c1-22-11-18-38-27(22)20-31(14-10-23-8-9-24(35-2)26(19-23)36-3)28(33)21-32(16-15-30-12-4-5-13-30)29(34)25-7-6-17-37-25/h6-9,11,17-19H,4-5,10,12-16,20-21H2,1-3H3. The molecule has 1 aliphatic heterocycles. The number of methoxy groups -OCH3 is 2. The maximum Gasteiger partial charge on any atom is 0.290 e. The summed E-state index contributed by atoms with van der Waals surface area (Å²) >= 11 is 1.65. The molecule has 2 aromatic heterocycles. The fraction of sp³-hybridized carbons (Fsp3) is 0.448. The molecular weight excluding hydrogens is 502 g/mol. The van der Waals surface area contributed by atoms with E-state index in [0.717, 1.165) is 35.6 Å². The van der Waals surface area contributed by atoms with Gasteiger partial charge >= 0.3 is 0 Å². The normalized spacial score (nSPS) is 13.4. The van der Waals surface area contributed by atoms with E-state index in [-0.39, 0.29) is 24.1 Å². The number of furan rings is 1. The molecule has 204 valence electrons. The van der Waals surface area contributed by atoms with Crippen LogP contribution in [0.4, 0.5) is 0 Å². The zero-order valence-electron chi connectivity index (χ0n) is 22.5. The minimum atomic E-state index is -0.255. The van der Waals surface area contributed by atoms with Gasteiger partial charge in [-0.25, -0.2) is 0 Å². The SMILES string of the molecule is COc1ccc(CCN(Cc2sccc2C)C(=O)CN(CCN2CCCC2)C(=O)c2ccco2)cc1OC. The van der Waals surface area contributed by atoms with Crippen molar-refractivity contribution in [1.29, 1.82) is 0 Å². The van der Waals surface area contributed by atoms with E-state index in [1.165, 1.54) is 19.1 Å². The van der Waals surface area contributed by atoms with Crippen LogP contribution in [0.25, 0.3) is 0 Å². The van der Waals surface area contributed by atoms with Gasteiger partial charge in [0.15, 0.2) is 17.3 Å². The van der Waals surface area contributed by atoms with Gasteiger partial charge in [-0.05, 0) is 86.1 Å². The summed E-state index contributed by atoms with van der Waals surface area (Å²) in [7, 11) is 3.23. The third-order valence-electron chi connectivity index (χ3n) is 7.00. The Morgan fingerprint density at radius 3 is 2.47 bits per heavy atom. The Morgan fingerprint density at radius 1 is 1.03 bits per heavy atom. The lowest BCUT2D eigenvalue weighted by Crippen LogP contribution is -2.45. The van der Waals surface area contributed by atoms with E-state index in [1.807, 2.05) is 28.5 Å². The van der Waals surface area contributed by atoms with Gasteiger partial charge in [-0.2, -0.15) is 0 Å². The van der Waals surface area contributed by atoms with E-state index >= 15 is 0 Å². The Balaban J connectivity index is 1.49. The molecule has 0 radical (unpaired) electrons. The summed E-state index contributed by atoms with van der Waals surface area (Å²) in [6.45, 7) is 6.38. The lowest BCUT2D eigenvalue weighted by molar-refractivity contribution is -0.132. The molecule has 1 fully saturated rings. The van der Waals surface area contributed by atoms with E-state index in [1.54, 1.807) is 42.6 Å². The van der Waals surface area contributed by atoms with Crippen LogP contribution >= 0.6 is 11.3 Å². The van der Waals surface area contributed by atoms with Crippen molar-refractivity contribution in [2.24, 2.45) is 0 Å². The van der Waals surface area contributed by atoms with Crippen LogP contribution in [0.2, 0.25) is 0 Å². The van der Waals surface area contributed by atoms with Crippen molar-refractivity contribution in [3.63, 3.8) is 0 Å². The fourth-order valence-corrected chi connectivity index (χ4v) is 5.59. The Kier molecular flexibility index (Phi) is 9.84. The molecule has 0 bridgehead atoms. The van der Waals surface area contributed by atoms with Crippen LogP contribution in [0.5, 0.6) is 11.5 Å². The van der Waals surface area contributed by atoms with Gasteiger partial charge in [0, 0.05) is 24.5 Å². The second kappa shape index (κ2) is 13.5. The van der Waals surface area contributed by atoms with Gasteiger partial charge in [-0.1, -0.05) is 6.07 Å². The van der Waals surface area contributed by atoms with Gasteiger partial charge in [0.05, 0.1) is 27.0 Å². The number of likely N-dealkylation sites (tertiary alicyclic amines) is 1. The third-order valence-corrected chi connectivity index (χ3v) is 8.01. The maximum absolute atomic E-state index is 13.8. The zero-order valence-corrected chi connectivity index (χ0v) is 23.3. The summed E-state index contributed by atoms with van der Waals surface area (Å²) in [5, 5.41) is 2.05. The van der Waals surface area contributed by atoms with Gasteiger partial charge in [0.1, 0.15) is 6.54 Å². The largest absolute Gasteiger partial charge is 0.493 e. The highest BCUT2D eigenvalue weighted by Gasteiger charge is 2.25. The molecule has 0 spiro atoms. The second-order valence-electron chi connectivity index (χ2n) is 9.53. The highest BCUT2D eigenvalue weighted by atomic mass is 32.1. The van der Waals surface area contributed by atoms with Crippen molar-refractivity contribution >= 4 is 23.2 Å². The molecule has 1 aliphatic rings. The van der Waals surface area contributed by atoms with Crippen LogP contribution < -0.4 is 9.47 Å². The number of carbonyl (C=O) groups is 2. The summed E-state index contributed by atoms with van der Waals surface area (Å²) < 4.78 is 16.2. The molecule has 0 atom stereocenters. The first-order chi connectivity index (χ1) is 18.5. The topological polar surface area (TPSA) is 75.5 Å². The number of amides is 2. The summed E-state index contributed by atoms with van der Waals surface area (Å²) in [4.78, 5) is 34.0. The Bertz CT molecular complexity index is 1190. The smallest absolute Gasteiger partial charge is 0.290 e. The van der Waals surface area contributed by atoms with Crippen LogP contribution in [-0.2, 0) is 17.8 Å². The number of carbonyl (C=O) groups excluding carboxylic acids is 2. The van der Waals surface area contributed by atoms with Crippen molar-refractivity contribution in [2.75, 3.05) is 53.5 Å². The van der Waals surface area contributed by atoms with Gasteiger partial charge < -0.3 is 28.6 Å². The number of hydrogen-bond acceptors (Lipinski definition) is 7. The molecule has 0 aliphatic carbocycles. The third kappa shape index (κ3) is 7.17. The van der Waals surface area contributed by atoms with Crippen molar-refractivity contribution in [3.8, 4) is 11.5 Å². The number of thiophene rings is 1. The molecule has 3 aromatic rings. The maximum atomic E-state index is 13.8. The molecular formula is C29H37N3O5S. The average molecular weight is 540 g/mol. The van der Waals surface area contributed by atoms with Crippen LogP contribution in [0.3, 0.4) is 0 Å². The molecule has 0 saturated carbocycles. The molecule has 1 saturated heterocycles. The summed E-state index contributed by atoms with van der Waals surface area (Å²) in [6, 6.07) is 11.2. The monoisotopic (exact) mass is 539 g/mol. The molecule has 4 rings (SSSR count). The first kappa shape index (κ1) is 27.7. The molecule has 0 N–H and O–H groups in total. The Labute approximate surface area is 228 Å². The molecule has 3 heterocycles. The predicted molar refractivity (Wildman–Crippen MR) is 148 cm³/mol. The average Bonchev–Trinajstić information content (AvgIpc) is 3.72. The minimum Gasteiger partial charge on any atom is -0.493 e. The second-order valence-corrected chi connectivity index (χ2v) is 10.5. The lowest BCUT2D eigenvalue weighted by atomic mass is 10.1. The molecule has 1 aromatic carbocycles. The highest BCUT2D eigenvalue weighted by Crippen LogP contribution is 2.28. The molecule has 9 heteroatoms. The number of rotatable bonds is 13. The van der Waals surface area contributed by atoms with Crippen molar-refractivity contribution in [3.05, 3.63) is 69.8 Å². The number of nitrogens with zero attached hydrogens (tertiary/aromatic N) is 3. The van der Waals surface area contributed by atoms with E-state index in [4.69, 9.17) is 13.9 Å². The van der Waals surface area contributed by atoms with Crippen LogP contribution in [0.15, 0.2) is 52.5 Å². The van der Waals surface area contributed by atoms with E-state index in [2.05, 4.69) is 17.9 Å². The molecule has 2 amide bonds. The van der Waals surface area contributed by atoms with Crippen LogP contribution in [0.1, 0.15) is 39.4 Å². The summed E-state index contributed by atoms with van der Waals surface area (Å²) in [5.41, 5.74) is 2.21. The van der Waals surface area contributed by atoms with Crippen molar-refractivity contribution < 1.29 is 23.5 Å². The Hall–Kier alpha value is -3.30. The number of ether oxygens (including phenoxy) is 2. The first-order valence-electron chi connectivity index (χ1n) is 13.0. The van der Waals surface area contributed by atoms with Crippen molar-refractivity contribution in [2.45, 2.75) is 32.7 Å². The molecule has 8 nitrogen and oxygen atoms in total. The summed E-state index contributed by atoms with van der Waals surface area (Å²) in [5.74, 6) is 1.25. The number of hydrogen-bond donors (Lipinski definition) is 0. The first-order valence-corrected chi connectivity index (χ1v) is 13.9. The van der Waals surface area contributed by atoms with Gasteiger partial charge in [0.25, 0.3) is 5.91 Å². The highest BCUT2D eigenvalue weighted by molar-refractivity contribution is 7.10. The number of aryl methyl sites for hydroxylation is 1. The lowest BCUT2D eigenvalue weighted by Gasteiger charge is -2.28. The van der Waals surface area contributed by atoms with Crippen LogP contribution in [0, 0.1) is 6.92 Å². The Morgan fingerprint density at radius 2 is 1.82 bits per heavy atom. The van der Waals surface area contributed by atoms with E-state index < -0.39 is 0 Å². The molecule has 0 unspecified atom stereocenters. The predicted octanol–water partition coefficient (Wildman–Crippen LogP) is 4.48. The van der Waals surface area contributed by atoms with E-state index in [0.29, 0.717) is 37.6 Å². The summed E-state index contributed by atoms with van der Waals surface area (Å²) in [6.07, 6.45) is 4.49. The fourth-order valence-electron chi connectivity index (χ4n) is 4.67. The van der Waals surface area contributed by atoms with Crippen LogP contribution in [-0.4, -0.2) is 80.0 Å². The number of benzene rings is 1. The van der Waals surface area contributed by atoms with Gasteiger partial charge in [-0.3, -0.25) is 9.59 Å². The van der Waals surface area contributed by atoms with Gasteiger partial charge in [-0.15, -0.1) is 11.3 Å². The van der Waals surface area contributed by atoms with Crippen molar-refractivity contribution in [1.82, 2.24) is 14.7 Å². The molecule has 38 heavy (non-hydrogen) atoms.